The van der Waals surface area contributed by atoms with Crippen molar-refractivity contribution in [1.82, 2.24) is 24.8 Å². The Balaban J connectivity index is 1.43. The minimum atomic E-state index is -0.689. The Hall–Kier alpha value is -2.46. The number of fused-ring (bicyclic) bond motifs is 3. The van der Waals surface area contributed by atoms with Gasteiger partial charge < -0.3 is 19.3 Å². The summed E-state index contributed by atoms with van der Waals surface area (Å²) in [7, 11) is 2.07. The number of halogens is 2. The fourth-order valence-electron chi connectivity index (χ4n) is 5.35. The molecule has 0 aliphatic carbocycles. The van der Waals surface area contributed by atoms with Gasteiger partial charge in [-0.15, -0.1) is 0 Å². The third-order valence-electron chi connectivity index (χ3n) is 7.06. The predicted molar refractivity (Wildman–Crippen MR) is 131 cm³/mol. The van der Waals surface area contributed by atoms with E-state index in [1.54, 1.807) is 0 Å². The van der Waals surface area contributed by atoms with Crippen LogP contribution in [-0.4, -0.2) is 87.9 Å². The number of nitrogens with zero attached hydrogens (tertiary/aromatic N) is 6. The van der Waals surface area contributed by atoms with Crippen molar-refractivity contribution in [3.63, 3.8) is 0 Å². The summed E-state index contributed by atoms with van der Waals surface area (Å²) < 4.78 is 26.6. The molecule has 190 valence electrons. The maximum atomic E-state index is 15.0. The topological polar surface area (TPSA) is 83.9 Å². The quantitative estimate of drug-likeness (QED) is 0.578. The van der Waals surface area contributed by atoms with Crippen LogP contribution in [0, 0.1) is 5.82 Å². The van der Waals surface area contributed by atoms with Gasteiger partial charge >= 0.3 is 12.1 Å². The first-order valence-electron chi connectivity index (χ1n) is 12.2. The lowest BCUT2D eigenvalue weighted by atomic mass is 10.1. The Labute approximate surface area is 209 Å². The second-order valence-corrected chi connectivity index (χ2v) is 11.1. The fraction of sp³-hybridized carbons (Fsp3) is 0.667. The van der Waals surface area contributed by atoms with Crippen LogP contribution in [0.5, 0.6) is 6.01 Å². The van der Waals surface area contributed by atoms with E-state index in [9.17, 15) is 9.18 Å². The molecule has 0 N–H and O–H groups in total. The first kappa shape index (κ1) is 24.2. The number of rotatable bonds is 4. The van der Waals surface area contributed by atoms with Crippen molar-refractivity contribution in [2.75, 3.05) is 38.2 Å². The van der Waals surface area contributed by atoms with Crippen molar-refractivity contribution in [2.45, 2.75) is 70.2 Å². The minimum Gasteiger partial charge on any atom is -0.462 e. The molecule has 3 fully saturated rings. The highest BCUT2D eigenvalue weighted by Crippen LogP contribution is 2.37. The molecule has 0 saturated carbocycles. The van der Waals surface area contributed by atoms with Gasteiger partial charge in [0.05, 0.1) is 17.5 Å². The van der Waals surface area contributed by atoms with Gasteiger partial charge in [-0.05, 0) is 60.0 Å². The van der Waals surface area contributed by atoms with E-state index in [1.807, 2.05) is 25.7 Å². The molecule has 2 aromatic heterocycles. The van der Waals surface area contributed by atoms with Gasteiger partial charge in [-0.3, -0.25) is 4.90 Å². The normalized spacial score (nSPS) is 24.9. The zero-order chi connectivity index (χ0) is 24.9. The standard InChI is InChI=1S/C24H32ClFN6O3/c1-24(2,3)35-23(33)32-14-7-8-15(32)12-31(11-14)21-17-10-27-20(25)18(26)19(17)28-22(29-21)34-13-16-6-5-9-30(16)4/h10,14-16H,5-9,11-13H2,1-4H3/t14-,15+,16-/m0/s1. The smallest absolute Gasteiger partial charge is 0.410 e. The summed E-state index contributed by atoms with van der Waals surface area (Å²) in [6, 6.07) is 0.359. The maximum absolute atomic E-state index is 15.0. The van der Waals surface area contributed by atoms with E-state index in [0.717, 1.165) is 32.2 Å². The second kappa shape index (κ2) is 9.20. The molecule has 9 nitrogen and oxygen atoms in total. The number of piperazine rings is 1. The van der Waals surface area contributed by atoms with Crippen LogP contribution in [-0.2, 0) is 4.74 Å². The Morgan fingerprint density at radius 3 is 2.54 bits per heavy atom. The number of likely N-dealkylation sites (tertiary alicyclic amines) is 1. The molecule has 0 unspecified atom stereocenters. The summed E-state index contributed by atoms with van der Waals surface area (Å²) in [5.74, 6) is -0.139. The minimum absolute atomic E-state index is 0.0183. The van der Waals surface area contributed by atoms with E-state index in [4.69, 9.17) is 26.1 Å². The van der Waals surface area contributed by atoms with Gasteiger partial charge in [0.15, 0.2) is 11.0 Å². The van der Waals surface area contributed by atoms with E-state index < -0.39 is 11.4 Å². The van der Waals surface area contributed by atoms with Crippen LogP contribution in [0.4, 0.5) is 15.0 Å². The highest BCUT2D eigenvalue weighted by molar-refractivity contribution is 6.30. The van der Waals surface area contributed by atoms with Crippen LogP contribution >= 0.6 is 11.6 Å². The molecule has 2 bridgehead atoms. The molecule has 3 aliphatic heterocycles. The number of pyridine rings is 1. The summed E-state index contributed by atoms with van der Waals surface area (Å²) in [6.07, 6.45) is 5.12. The van der Waals surface area contributed by atoms with E-state index >= 15 is 0 Å². The first-order chi connectivity index (χ1) is 16.6. The molecular formula is C24H32ClFN6O3. The fourth-order valence-corrected chi connectivity index (χ4v) is 5.49. The number of amides is 1. The zero-order valence-corrected chi connectivity index (χ0v) is 21.4. The number of carbonyl (C=O) groups excluding carboxylic acids is 1. The summed E-state index contributed by atoms with van der Waals surface area (Å²) in [6.45, 7) is 8.17. The number of hydrogen-bond acceptors (Lipinski definition) is 8. The maximum Gasteiger partial charge on any atom is 0.410 e. The largest absolute Gasteiger partial charge is 0.462 e. The Morgan fingerprint density at radius 2 is 1.91 bits per heavy atom. The molecule has 3 aliphatic rings. The molecule has 5 heterocycles. The van der Waals surface area contributed by atoms with Crippen molar-refractivity contribution >= 4 is 34.4 Å². The molecule has 3 atom stereocenters. The van der Waals surface area contributed by atoms with Crippen LogP contribution in [0.2, 0.25) is 5.15 Å². The Kier molecular flexibility index (Phi) is 6.37. The zero-order valence-electron chi connectivity index (χ0n) is 20.6. The Bertz CT molecular complexity index is 1110. The van der Waals surface area contributed by atoms with Crippen LogP contribution in [0.3, 0.4) is 0 Å². The van der Waals surface area contributed by atoms with Gasteiger partial charge in [0.2, 0.25) is 0 Å². The van der Waals surface area contributed by atoms with Crippen molar-refractivity contribution in [3.8, 4) is 6.01 Å². The van der Waals surface area contributed by atoms with Crippen LogP contribution < -0.4 is 9.64 Å². The van der Waals surface area contributed by atoms with Gasteiger partial charge in [-0.1, -0.05) is 11.6 Å². The third-order valence-corrected chi connectivity index (χ3v) is 7.33. The molecule has 1 amide bonds. The molecule has 0 spiro atoms. The number of anilines is 1. The average Bonchev–Trinajstić information content (AvgIpc) is 3.32. The molecule has 2 aromatic rings. The molecular weight excluding hydrogens is 475 g/mol. The molecule has 0 radical (unpaired) electrons. The summed E-state index contributed by atoms with van der Waals surface area (Å²) in [5.41, 5.74) is -0.467. The Morgan fingerprint density at radius 1 is 1.20 bits per heavy atom. The van der Waals surface area contributed by atoms with Gasteiger partial charge in [-0.2, -0.15) is 9.97 Å². The monoisotopic (exact) mass is 506 g/mol. The summed E-state index contributed by atoms with van der Waals surface area (Å²) >= 11 is 5.98. The lowest BCUT2D eigenvalue weighted by Gasteiger charge is -2.42. The van der Waals surface area contributed by atoms with Crippen molar-refractivity contribution in [3.05, 3.63) is 17.2 Å². The molecule has 3 saturated heterocycles. The number of ether oxygens (including phenoxy) is 2. The number of likely N-dealkylation sites (N-methyl/N-ethyl adjacent to an activating group) is 1. The van der Waals surface area contributed by atoms with Crippen molar-refractivity contribution < 1.29 is 18.7 Å². The highest BCUT2D eigenvalue weighted by Gasteiger charge is 2.45. The lowest BCUT2D eigenvalue weighted by molar-refractivity contribution is 0.0123. The summed E-state index contributed by atoms with van der Waals surface area (Å²) in [5, 5.41) is 0.237. The molecule has 11 heteroatoms. The van der Waals surface area contributed by atoms with Crippen LogP contribution in [0.15, 0.2) is 6.20 Å². The van der Waals surface area contributed by atoms with Gasteiger partial charge in [0.25, 0.3) is 0 Å². The number of aromatic nitrogens is 3. The lowest BCUT2D eigenvalue weighted by Crippen LogP contribution is -2.57. The third kappa shape index (κ3) is 4.82. The van der Waals surface area contributed by atoms with Gasteiger partial charge in [0, 0.05) is 25.3 Å². The second-order valence-electron chi connectivity index (χ2n) is 10.7. The molecule has 35 heavy (non-hydrogen) atoms. The van der Waals surface area contributed by atoms with E-state index in [2.05, 4.69) is 26.8 Å². The summed E-state index contributed by atoms with van der Waals surface area (Å²) in [4.78, 5) is 32.1. The average molecular weight is 507 g/mol. The van der Waals surface area contributed by atoms with E-state index in [1.165, 1.54) is 6.20 Å². The van der Waals surface area contributed by atoms with Crippen LogP contribution in [0.1, 0.15) is 46.5 Å². The van der Waals surface area contributed by atoms with Crippen molar-refractivity contribution in [1.29, 1.82) is 0 Å². The van der Waals surface area contributed by atoms with Crippen molar-refractivity contribution in [2.24, 2.45) is 0 Å². The number of carbonyl (C=O) groups is 1. The van der Waals surface area contributed by atoms with Gasteiger partial charge in [-0.25, -0.2) is 14.2 Å². The first-order valence-corrected chi connectivity index (χ1v) is 12.6. The van der Waals surface area contributed by atoms with Gasteiger partial charge in [0.1, 0.15) is 23.5 Å². The predicted octanol–water partition coefficient (Wildman–Crippen LogP) is 3.88. The molecule has 5 rings (SSSR count). The van der Waals surface area contributed by atoms with E-state index in [0.29, 0.717) is 30.9 Å². The SMILES string of the molecule is CN1CCC[C@H]1COc1nc(N2C[C@H]3CC[C@@H](C2)N3C(=O)OC(C)(C)C)c2cnc(Cl)c(F)c2n1. The van der Waals surface area contributed by atoms with Crippen LogP contribution in [0.25, 0.3) is 10.9 Å². The highest BCUT2D eigenvalue weighted by atomic mass is 35.5. The van der Waals surface area contributed by atoms with E-state index in [-0.39, 0.29) is 40.9 Å². The molecule has 0 aromatic carbocycles. The number of hydrogen-bond donors (Lipinski definition) is 0.